The van der Waals surface area contributed by atoms with Crippen molar-refractivity contribution in [3.05, 3.63) is 0 Å². The second kappa shape index (κ2) is 9.38. The van der Waals surface area contributed by atoms with Crippen LogP contribution in [0.15, 0.2) is 0 Å². The Kier molecular flexibility index (Phi) is 8.22. The van der Waals surface area contributed by atoms with Crippen molar-refractivity contribution in [2.24, 2.45) is 0 Å². The Labute approximate surface area is 129 Å². The van der Waals surface area contributed by atoms with Crippen LogP contribution < -0.4 is 5.32 Å². The molecule has 1 aliphatic heterocycles. The van der Waals surface area contributed by atoms with Crippen molar-refractivity contribution < 1.29 is 14.3 Å². The first-order valence-electron chi connectivity index (χ1n) is 8.23. The molecule has 0 aliphatic carbocycles. The van der Waals surface area contributed by atoms with Gasteiger partial charge in [-0.3, -0.25) is 4.79 Å². The maximum Gasteiger partial charge on any atom is 0.325 e. The molecule has 0 aromatic rings. The number of hydrogen-bond acceptors (Lipinski definition) is 5. The lowest BCUT2D eigenvalue weighted by molar-refractivity contribution is -0.148. The van der Waals surface area contributed by atoms with Crippen LogP contribution in [0.3, 0.4) is 0 Å². The summed E-state index contributed by atoms with van der Waals surface area (Å²) in [5, 5.41) is 3.34. The average Bonchev–Trinajstić information content (AvgIpc) is 2.51. The molecule has 0 saturated carbocycles. The molecule has 0 bridgehead atoms. The van der Waals surface area contributed by atoms with Crippen molar-refractivity contribution in [2.75, 3.05) is 39.9 Å². The number of ether oxygens (including phenoxy) is 2. The van der Waals surface area contributed by atoms with E-state index in [2.05, 4.69) is 17.1 Å². The highest BCUT2D eigenvalue weighted by Crippen LogP contribution is 2.17. The number of methoxy groups -OCH3 is 1. The van der Waals surface area contributed by atoms with E-state index in [0.29, 0.717) is 6.10 Å². The van der Waals surface area contributed by atoms with Crippen LogP contribution in [0, 0.1) is 0 Å². The molecule has 0 aromatic heterocycles. The maximum atomic E-state index is 12.1. The van der Waals surface area contributed by atoms with E-state index in [1.165, 1.54) is 13.5 Å². The molecular weight excluding hydrogens is 268 g/mol. The van der Waals surface area contributed by atoms with Crippen LogP contribution in [-0.2, 0) is 14.3 Å². The first-order valence-corrected chi connectivity index (χ1v) is 8.23. The van der Waals surface area contributed by atoms with Gasteiger partial charge in [-0.25, -0.2) is 0 Å². The molecule has 124 valence electrons. The highest BCUT2D eigenvalue weighted by atomic mass is 16.5. The van der Waals surface area contributed by atoms with Gasteiger partial charge < -0.3 is 19.7 Å². The van der Waals surface area contributed by atoms with Gasteiger partial charge in [0, 0.05) is 19.7 Å². The van der Waals surface area contributed by atoms with Crippen LogP contribution in [-0.4, -0.2) is 62.4 Å². The standard InChI is InChI=1S/C16H32N2O3/c1-5-10-17-16(3,15(19)20-4)9-12-18-11-7-8-14(13-18)21-6-2/h14,17H,5-13H2,1-4H3. The van der Waals surface area contributed by atoms with E-state index in [9.17, 15) is 4.79 Å². The summed E-state index contributed by atoms with van der Waals surface area (Å²) < 4.78 is 10.7. The second-order valence-corrected chi connectivity index (χ2v) is 6.02. The van der Waals surface area contributed by atoms with Crippen molar-refractivity contribution in [1.82, 2.24) is 10.2 Å². The van der Waals surface area contributed by atoms with Gasteiger partial charge in [-0.2, -0.15) is 0 Å². The number of carbonyl (C=O) groups is 1. The van der Waals surface area contributed by atoms with Gasteiger partial charge in [0.05, 0.1) is 13.2 Å². The van der Waals surface area contributed by atoms with Gasteiger partial charge in [0.15, 0.2) is 0 Å². The molecular formula is C16H32N2O3. The molecule has 0 radical (unpaired) electrons. The molecule has 21 heavy (non-hydrogen) atoms. The zero-order chi connectivity index (χ0) is 15.7. The third-order valence-electron chi connectivity index (χ3n) is 4.19. The minimum absolute atomic E-state index is 0.172. The van der Waals surface area contributed by atoms with Crippen LogP contribution in [0.5, 0.6) is 0 Å². The fourth-order valence-corrected chi connectivity index (χ4v) is 2.86. The molecule has 5 heteroatoms. The van der Waals surface area contributed by atoms with Gasteiger partial charge in [-0.1, -0.05) is 6.92 Å². The fraction of sp³-hybridized carbons (Fsp3) is 0.938. The van der Waals surface area contributed by atoms with E-state index >= 15 is 0 Å². The van der Waals surface area contributed by atoms with E-state index in [1.54, 1.807) is 0 Å². The summed E-state index contributed by atoms with van der Waals surface area (Å²) in [7, 11) is 1.46. The summed E-state index contributed by atoms with van der Waals surface area (Å²) in [5.41, 5.74) is -0.594. The van der Waals surface area contributed by atoms with Gasteiger partial charge in [0.1, 0.15) is 5.54 Å². The molecule has 1 saturated heterocycles. The molecule has 1 rings (SSSR count). The quantitative estimate of drug-likeness (QED) is 0.658. The Balaban J connectivity index is 2.49. The van der Waals surface area contributed by atoms with Crippen molar-refractivity contribution in [3.8, 4) is 0 Å². The molecule has 0 amide bonds. The topological polar surface area (TPSA) is 50.8 Å². The number of esters is 1. The van der Waals surface area contributed by atoms with Crippen LogP contribution in [0.4, 0.5) is 0 Å². The Morgan fingerprint density at radius 1 is 1.43 bits per heavy atom. The molecule has 1 fully saturated rings. The summed E-state index contributed by atoms with van der Waals surface area (Å²) in [6.45, 7) is 10.6. The summed E-state index contributed by atoms with van der Waals surface area (Å²) in [4.78, 5) is 14.5. The molecule has 5 nitrogen and oxygen atoms in total. The van der Waals surface area contributed by atoms with Crippen molar-refractivity contribution >= 4 is 5.97 Å². The SMILES string of the molecule is CCCNC(C)(CCN1CCCC(OCC)C1)C(=O)OC. The molecule has 1 N–H and O–H groups in total. The zero-order valence-corrected chi connectivity index (χ0v) is 14.1. The summed E-state index contributed by atoms with van der Waals surface area (Å²) >= 11 is 0. The number of rotatable bonds is 9. The maximum absolute atomic E-state index is 12.1. The van der Waals surface area contributed by atoms with Crippen molar-refractivity contribution in [2.45, 2.75) is 58.1 Å². The van der Waals surface area contributed by atoms with Crippen LogP contribution in [0.2, 0.25) is 0 Å². The van der Waals surface area contributed by atoms with E-state index in [4.69, 9.17) is 9.47 Å². The lowest BCUT2D eigenvalue weighted by Crippen LogP contribution is -2.53. The molecule has 0 spiro atoms. The number of nitrogens with one attached hydrogen (secondary N) is 1. The van der Waals surface area contributed by atoms with Gasteiger partial charge in [0.25, 0.3) is 0 Å². The van der Waals surface area contributed by atoms with Gasteiger partial charge in [-0.05, 0) is 52.6 Å². The summed E-state index contributed by atoms with van der Waals surface area (Å²) in [6.07, 6.45) is 4.42. The largest absolute Gasteiger partial charge is 0.468 e. The minimum Gasteiger partial charge on any atom is -0.468 e. The number of hydrogen-bond donors (Lipinski definition) is 1. The van der Waals surface area contributed by atoms with Crippen molar-refractivity contribution in [3.63, 3.8) is 0 Å². The summed E-state index contributed by atoms with van der Waals surface area (Å²) in [6, 6.07) is 0. The van der Waals surface area contributed by atoms with E-state index in [-0.39, 0.29) is 5.97 Å². The Hall–Kier alpha value is -0.650. The van der Waals surface area contributed by atoms with E-state index in [0.717, 1.165) is 52.0 Å². The predicted octanol–water partition coefficient (Wildman–Crippen LogP) is 1.81. The third kappa shape index (κ3) is 5.93. The Morgan fingerprint density at radius 3 is 2.81 bits per heavy atom. The van der Waals surface area contributed by atoms with E-state index in [1.807, 2.05) is 13.8 Å². The lowest BCUT2D eigenvalue weighted by Gasteiger charge is -2.35. The smallest absolute Gasteiger partial charge is 0.325 e. The van der Waals surface area contributed by atoms with Crippen LogP contribution in [0.25, 0.3) is 0 Å². The fourth-order valence-electron chi connectivity index (χ4n) is 2.86. The third-order valence-corrected chi connectivity index (χ3v) is 4.19. The monoisotopic (exact) mass is 300 g/mol. The normalized spacial score (nSPS) is 22.8. The van der Waals surface area contributed by atoms with Gasteiger partial charge in [-0.15, -0.1) is 0 Å². The second-order valence-electron chi connectivity index (χ2n) is 6.02. The molecule has 1 heterocycles. The minimum atomic E-state index is -0.594. The number of carbonyl (C=O) groups excluding carboxylic acids is 1. The number of piperidine rings is 1. The van der Waals surface area contributed by atoms with Gasteiger partial charge >= 0.3 is 5.97 Å². The molecule has 2 unspecified atom stereocenters. The van der Waals surface area contributed by atoms with Crippen LogP contribution in [0.1, 0.15) is 46.5 Å². The summed E-state index contributed by atoms with van der Waals surface area (Å²) in [5.74, 6) is -0.172. The Bertz CT molecular complexity index is 310. The first-order chi connectivity index (χ1) is 10.1. The van der Waals surface area contributed by atoms with Crippen LogP contribution >= 0.6 is 0 Å². The van der Waals surface area contributed by atoms with Crippen molar-refractivity contribution in [1.29, 1.82) is 0 Å². The lowest BCUT2D eigenvalue weighted by atomic mass is 9.96. The molecule has 0 aromatic carbocycles. The number of likely N-dealkylation sites (tertiary alicyclic amines) is 1. The average molecular weight is 300 g/mol. The van der Waals surface area contributed by atoms with Gasteiger partial charge in [0.2, 0.25) is 0 Å². The zero-order valence-electron chi connectivity index (χ0n) is 14.1. The highest BCUT2D eigenvalue weighted by molar-refractivity contribution is 5.80. The predicted molar refractivity (Wildman–Crippen MR) is 84.4 cm³/mol. The first kappa shape index (κ1) is 18.4. The Morgan fingerprint density at radius 2 is 2.19 bits per heavy atom. The molecule has 2 atom stereocenters. The highest BCUT2D eigenvalue weighted by Gasteiger charge is 2.34. The van der Waals surface area contributed by atoms with E-state index < -0.39 is 5.54 Å². The number of nitrogens with zero attached hydrogens (tertiary/aromatic N) is 1. The molecule has 1 aliphatic rings.